The summed E-state index contributed by atoms with van der Waals surface area (Å²) in [5.41, 5.74) is -0.869. The average Bonchev–Trinajstić information content (AvgIpc) is 2.60. The number of hydrogen-bond donors (Lipinski definition) is 2. The molecule has 0 unspecified atom stereocenters. The lowest BCUT2D eigenvalue weighted by Crippen LogP contribution is -2.46. The van der Waals surface area contributed by atoms with Crippen molar-refractivity contribution in [2.75, 3.05) is 13.1 Å². The Kier molecular flexibility index (Phi) is 3.75. The molecule has 17 heavy (non-hydrogen) atoms. The number of hydrogen-bond acceptors (Lipinski definition) is 3. The Labute approximate surface area is 100.0 Å². The first-order valence-corrected chi connectivity index (χ1v) is 5.55. The fraction of sp³-hybridized carbons (Fsp3) is 0.727. The van der Waals surface area contributed by atoms with Crippen LogP contribution in [0.3, 0.4) is 0 Å². The number of likely N-dealkylation sites (tertiary alicyclic amines) is 1. The summed E-state index contributed by atoms with van der Waals surface area (Å²) >= 11 is 0. The number of amides is 2. The Hall–Kier alpha value is -1.59. The molecule has 0 aromatic carbocycles. The molecule has 1 saturated heterocycles. The van der Waals surface area contributed by atoms with Crippen molar-refractivity contribution in [3.8, 4) is 0 Å². The van der Waals surface area contributed by atoms with Crippen LogP contribution in [0, 0.1) is 5.41 Å². The van der Waals surface area contributed by atoms with Crippen molar-refractivity contribution >= 4 is 17.8 Å². The first-order valence-electron chi connectivity index (χ1n) is 5.55. The second kappa shape index (κ2) is 4.73. The van der Waals surface area contributed by atoms with Crippen molar-refractivity contribution in [1.29, 1.82) is 0 Å². The Morgan fingerprint density at radius 3 is 2.41 bits per heavy atom. The van der Waals surface area contributed by atoms with Crippen LogP contribution in [0.2, 0.25) is 0 Å². The van der Waals surface area contributed by atoms with Gasteiger partial charge in [0.05, 0.1) is 5.41 Å². The van der Waals surface area contributed by atoms with E-state index in [1.807, 2.05) is 0 Å². The molecule has 2 amide bonds. The third-order valence-corrected chi connectivity index (χ3v) is 3.09. The maximum Gasteiger partial charge on any atom is 0.311 e. The molecule has 0 spiro atoms. The quantitative estimate of drug-likeness (QED) is 0.719. The lowest BCUT2D eigenvalue weighted by atomic mass is 9.90. The van der Waals surface area contributed by atoms with Gasteiger partial charge in [-0.25, -0.2) is 0 Å². The molecule has 6 nitrogen and oxygen atoms in total. The van der Waals surface area contributed by atoms with Crippen molar-refractivity contribution in [1.82, 2.24) is 10.2 Å². The van der Waals surface area contributed by atoms with Gasteiger partial charge in [-0.3, -0.25) is 14.4 Å². The van der Waals surface area contributed by atoms with E-state index in [9.17, 15) is 14.4 Å². The standard InChI is InChI=1S/C11H18N2O4/c1-7(12-8(2)14)9(15)13-5-4-11(3,6-13)10(16)17/h7H,4-6H2,1-3H3,(H,12,14)(H,16,17)/t7-,11-/m1/s1. The number of carbonyl (C=O) groups is 3. The summed E-state index contributed by atoms with van der Waals surface area (Å²) in [5, 5.41) is 11.5. The summed E-state index contributed by atoms with van der Waals surface area (Å²) in [6.07, 6.45) is 0.445. The lowest BCUT2D eigenvalue weighted by molar-refractivity contribution is -0.147. The van der Waals surface area contributed by atoms with Crippen molar-refractivity contribution in [3.63, 3.8) is 0 Å². The van der Waals surface area contributed by atoms with Gasteiger partial charge in [0.15, 0.2) is 0 Å². The number of nitrogens with zero attached hydrogens (tertiary/aromatic N) is 1. The van der Waals surface area contributed by atoms with Gasteiger partial charge in [-0.2, -0.15) is 0 Å². The van der Waals surface area contributed by atoms with Crippen LogP contribution < -0.4 is 5.32 Å². The Morgan fingerprint density at radius 2 is 2.00 bits per heavy atom. The van der Waals surface area contributed by atoms with Crippen LogP contribution in [0.5, 0.6) is 0 Å². The van der Waals surface area contributed by atoms with Crippen LogP contribution in [-0.2, 0) is 14.4 Å². The van der Waals surface area contributed by atoms with Crippen LogP contribution in [0.15, 0.2) is 0 Å². The highest BCUT2D eigenvalue weighted by Gasteiger charge is 2.42. The normalized spacial score (nSPS) is 25.5. The maximum absolute atomic E-state index is 11.9. The topological polar surface area (TPSA) is 86.7 Å². The summed E-state index contributed by atoms with van der Waals surface area (Å²) in [7, 11) is 0. The van der Waals surface area contributed by atoms with Gasteiger partial charge in [0.2, 0.25) is 11.8 Å². The van der Waals surface area contributed by atoms with E-state index in [4.69, 9.17) is 5.11 Å². The highest BCUT2D eigenvalue weighted by atomic mass is 16.4. The third kappa shape index (κ3) is 2.95. The Balaban J connectivity index is 2.62. The number of carboxylic acid groups (broad SMARTS) is 1. The minimum absolute atomic E-state index is 0.199. The van der Waals surface area contributed by atoms with Crippen LogP contribution in [0.1, 0.15) is 27.2 Å². The molecule has 2 atom stereocenters. The van der Waals surface area contributed by atoms with Gasteiger partial charge in [-0.1, -0.05) is 0 Å². The zero-order valence-electron chi connectivity index (χ0n) is 10.3. The van der Waals surface area contributed by atoms with Crippen LogP contribution in [0.25, 0.3) is 0 Å². The smallest absolute Gasteiger partial charge is 0.311 e. The summed E-state index contributed by atoms with van der Waals surface area (Å²) in [4.78, 5) is 35.3. The predicted octanol–water partition coefficient (Wildman–Crippen LogP) is -0.166. The zero-order chi connectivity index (χ0) is 13.2. The molecule has 0 radical (unpaired) electrons. The summed E-state index contributed by atoms with van der Waals surface area (Å²) in [5.74, 6) is -1.39. The van der Waals surface area contributed by atoms with Crippen molar-refractivity contribution in [3.05, 3.63) is 0 Å². The van der Waals surface area contributed by atoms with Gasteiger partial charge in [-0.15, -0.1) is 0 Å². The molecule has 6 heteroatoms. The number of carbonyl (C=O) groups excluding carboxylic acids is 2. The molecule has 1 fully saturated rings. The molecule has 1 aliphatic rings. The SMILES string of the molecule is CC(=O)N[C@H](C)C(=O)N1CC[C@@](C)(C(=O)O)C1. The van der Waals surface area contributed by atoms with Crippen molar-refractivity contribution < 1.29 is 19.5 Å². The molecule has 1 heterocycles. The summed E-state index contributed by atoms with van der Waals surface area (Å²) < 4.78 is 0. The van der Waals surface area contributed by atoms with E-state index in [1.54, 1.807) is 13.8 Å². The lowest BCUT2D eigenvalue weighted by Gasteiger charge is -2.23. The number of rotatable bonds is 3. The van der Waals surface area contributed by atoms with Gasteiger partial charge in [0.25, 0.3) is 0 Å². The van der Waals surface area contributed by atoms with Gasteiger partial charge >= 0.3 is 5.97 Å². The van der Waals surface area contributed by atoms with Gasteiger partial charge in [0.1, 0.15) is 6.04 Å². The molecule has 0 aliphatic carbocycles. The summed E-state index contributed by atoms with van der Waals surface area (Å²) in [6.45, 7) is 5.19. The molecular weight excluding hydrogens is 224 g/mol. The van der Waals surface area contributed by atoms with Crippen molar-refractivity contribution in [2.24, 2.45) is 5.41 Å². The van der Waals surface area contributed by atoms with E-state index in [0.29, 0.717) is 13.0 Å². The third-order valence-electron chi connectivity index (χ3n) is 3.09. The minimum atomic E-state index is -0.889. The van der Waals surface area contributed by atoms with E-state index in [1.165, 1.54) is 11.8 Å². The van der Waals surface area contributed by atoms with Gasteiger partial charge < -0.3 is 15.3 Å². The van der Waals surface area contributed by atoms with Gasteiger partial charge in [0, 0.05) is 20.0 Å². The Morgan fingerprint density at radius 1 is 1.41 bits per heavy atom. The number of aliphatic carboxylic acids is 1. The van der Waals surface area contributed by atoms with Gasteiger partial charge in [-0.05, 0) is 20.3 Å². The second-order valence-electron chi connectivity index (χ2n) is 4.80. The molecule has 0 aromatic heterocycles. The molecule has 0 saturated carbocycles. The predicted molar refractivity (Wildman–Crippen MR) is 60.2 cm³/mol. The highest BCUT2D eigenvalue weighted by molar-refractivity contribution is 5.87. The van der Waals surface area contributed by atoms with Crippen LogP contribution >= 0.6 is 0 Å². The molecular formula is C11H18N2O4. The monoisotopic (exact) mass is 242 g/mol. The van der Waals surface area contributed by atoms with Crippen molar-refractivity contribution in [2.45, 2.75) is 33.2 Å². The second-order valence-corrected chi connectivity index (χ2v) is 4.80. The Bertz CT molecular complexity index is 355. The molecule has 1 rings (SSSR count). The number of nitrogens with one attached hydrogen (secondary N) is 1. The zero-order valence-corrected chi connectivity index (χ0v) is 10.3. The number of carboxylic acids is 1. The van der Waals surface area contributed by atoms with Crippen LogP contribution in [-0.4, -0.2) is 46.9 Å². The fourth-order valence-electron chi connectivity index (χ4n) is 1.96. The van der Waals surface area contributed by atoms with Crippen LogP contribution in [0.4, 0.5) is 0 Å². The highest BCUT2D eigenvalue weighted by Crippen LogP contribution is 2.30. The first-order chi connectivity index (χ1) is 7.76. The molecule has 1 aliphatic heterocycles. The molecule has 0 bridgehead atoms. The maximum atomic E-state index is 11.9. The van der Waals surface area contributed by atoms with E-state index in [-0.39, 0.29) is 18.4 Å². The molecule has 96 valence electrons. The first kappa shape index (κ1) is 13.5. The van der Waals surface area contributed by atoms with E-state index >= 15 is 0 Å². The molecule has 2 N–H and O–H groups in total. The minimum Gasteiger partial charge on any atom is -0.481 e. The van der Waals surface area contributed by atoms with E-state index in [2.05, 4.69) is 5.32 Å². The van der Waals surface area contributed by atoms with E-state index in [0.717, 1.165) is 0 Å². The largest absolute Gasteiger partial charge is 0.481 e. The van der Waals surface area contributed by atoms with E-state index < -0.39 is 17.4 Å². The fourth-order valence-corrected chi connectivity index (χ4v) is 1.96. The average molecular weight is 242 g/mol. The summed E-state index contributed by atoms with van der Waals surface area (Å²) in [6, 6.07) is -0.608. The molecule has 0 aromatic rings.